The van der Waals surface area contributed by atoms with E-state index in [0.717, 1.165) is 39.1 Å². The number of epoxide rings is 1. The summed E-state index contributed by atoms with van der Waals surface area (Å²) in [5, 5.41) is 0. The van der Waals surface area contributed by atoms with Crippen LogP contribution in [-0.2, 0) is 19.0 Å². The van der Waals surface area contributed by atoms with Crippen molar-refractivity contribution < 1.29 is 19.0 Å². The molecule has 0 aromatic rings. The quantitative estimate of drug-likeness (QED) is 0.568. The van der Waals surface area contributed by atoms with Crippen LogP contribution in [0.1, 0.15) is 51.9 Å². The van der Waals surface area contributed by atoms with Crippen LogP contribution in [0.3, 0.4) is 0 Å². The van der Waals surface area contributed by atoms with Gasteiger partial charge in [0, 0.05) is 25.6 Å². The van der Waals surface area contributed by atoms with Gasteiger partial charge in [-0.15, -0.1) is 0 Å². The predicted molar refractivity (Wildman–Crippen MR) is 96.7 cm³/mol. The molecule has 3 saturated heterocycles. The molecular weight excluding hydrogens is 330 g/mol. The molecule has 26 heavy (non-hydrogen) atoms. The van der Waals surface area contributed by atoms with E-state index in [1.54, 1.807) is 7.11 Å². The van der Waals surface area contributed by atoms with E-state index in [1.807, 2.05) is 0 Å². The van der Waals surface area contributed by atoms with Gasteiger partial charge in [-0.25, -0.2) is 0 Å². The van der Waals surface area contributed by atoms with Crippen LogP contribution in [-0.4, -0.2) is 62.0 Å². The number of likely N-dealkylation sites (tertiary alicyclic amines) is 1. The number of nitrogens with zero attached hydrogens (tertiary/aromatic N) is 1. The second-order valence-corrected chi connectivity index (χ2v) is 9.85. The van der Waals surface area contributed by atoms with E-state index in [0.29, 0.717) is 17.9 Å². The first-order valence-corrected chi connectivity index (χ1v) is 10.6. The highest BCUT2D eigenvalue weighted by atomic mass is 16.6. The van der Waals surface area contributed by atoms with Crippen molar-refractivity contribution in [2.24, 2.45) is 23.2 Å². The minimum absolute atomic E-state index is 0.0414. The molecule has 3 heterocycles. The van der Waals surface area contributed by atoms with Crippen molar-refractivity contribution in [3.63, 3.8) is 0 Å². The van der Waals surface area contributed by atoms with Gasteiger partial charge in [-0.05, 0) is 62.8 Å². The van der Waals surface area contributed by atoms with Crippen molar-refractivity contribution in [1.82, 2.24) is 4.90 Å². The Balaban J connectivity index is 1.34. The second-order valence-electron chi connectivity index (χ2n) is 9.85. The van der Waals surface area contributed by atoms with E-state index in [1.165, 1.54) is 32.1 Å². The lowest BCUT2D eigenvalue weighted by molar-refractivity contribution is -0.147. The molecule has 5 rings (SSSR count). The maximum atomic E-state index is 12.8. The molecule has 0 radical (unpaired) electrons. The summed E-state index contributed by atoms with van der Waals surface area (Å²) in [5.74, 6) is 1.08. The summed E-state index contributed by atoms with van der Waals surface area (Å²) in [6.45, 7) is 6.07. The van der Waals surface area contributed by atoms with E-state index in [-0.39, 0.29) is 29.0 Å². The van der Waals surface area contributed by atoms with Gasteiger partial charge in [0.25, 0.3) is 0 Å². The number of rotatable bonds is 4. The van der Waals surface area contributed by atoms with Crippen molar-refractivity contribution in [3.8, 4) is 0 Å². The molecule has 5 nitrogen and oxygen atoms in total. The van der Waals surface area contributed by atoms with Gasteiger partial charge >= 0.3 is 5.97 Å². The van der Waals surface area contributed by atoms with E-state index in [2.05, 4.69) is 11.8 Å². The van der Waals surface area contributed by atoms with Crippen LogP contribution in [0.5, 0.6) is 0 Å². The monoisotopic (exact) mass is 363 g/mol. The minimum atomic E-state index is 0.0414. The molecule has 5 heteroatoms. The molecule has 2 saturated carbocycles. The van der Waals surface area contributed by atoms with Gasteiger partial charge in [-0.3, -0.25) is 9.69 Å². The first-order chi connectivity index (χ1) is 12.5. The maximum absolute atomic E-state index is 12.8. The molecule has 0 bridgehead atoms. The Kier molecular flexibility index (Phi) is 4.15. The summed E-state index contributed by atoms with van der Waals surface area (Å²) in [5.41, 5.74) is 0.428. The molecule has 0 amide bonds. The summed E-state index contributed by atoms with van der Waals surface area (Å²) in [6, 6.07) is 0.466. The molecular formula is C21H33NO4. The molecule has 2 aliphatic carbocycles. The molecule has 7 atom stereocenters. The third-order valence-electron chi connectivity index (χ3n) is 8.37. The first-order valence-electron chi connectivity index (χ1n) is 10.6. The zero-order chi connectivity index (χ0) is 17.9. The molecule has 5 aliphatic rings. The second kappa shape index (κ2) is 6.18. The van der Waals surface area contributed by atoms with Crippen molar-refractivity contribution in [2.45, 2.75) is 69.6 Å². The fourth-order valence-corrected chi connectivity index (χ4v) is 6.93. The summed E-state index contributed by atoms with van der Waals surface area (Å²) >= 11 is 0. The van der Waals surface area contributed by atoms with Gasteiger partial charge < -0.3 is 14.2 Å². The molecule has 146 valence electrons. The lowest BCUT2D eigenvalue weighted by Gasteiger charge is -2.51. The average Bonchev–Trinajstić information content (AvgIpc) is 3.12. The maximum Gasteiger partial charge on any atom is 0.310 e. The molecule has 0 N–H and O–H groups in total. The van der Waals surface area contributed by atoms with Gasteiger partial charge in [0.05, 0.1) is 24.7 Å². The summed E-state index contributed by atoms with van der Waals surface area (Å²) in [6.07, 6.45) is 8.41. The zero-order valence-electron chi connectivity index (χ0n) is 16.2. The molecule has 0 aromatic heterocycles. The van der Waals surface area contributed by atoms with E-state index >= 15 is 0 Å². The highest BCUT2D eigenvalue weighted by Gasteiger charge is 2.65. The largest absolute Gasteiger partial charge is 0.462 e. The van der Waals surface area contributed by atoms with Crippen LogP contribution in [0.2, 0.25) is 0 Å². The Bertz CT molecular complexity index is 576. The van der Waals surface area contributed by atoms with Crippen LogP contribution >= 0.6 is 0 Å². The van der Waals surface area contributed by atoms with Crippen LogP contribution in [0.4, 0.5) is 0 Å². The zero-order valence-corrected chi connectivity index (χ0v) is 16.2. The van der Waals surface area contributed by atoms with E-state index < -0.39 is 0 Å². The minimum Gasteiger partial charge on any atom is -0.462 e. The topological polar surface area (TPSA) is 51.3 Å². The van der Waals surface area contributed by atoms with Gasteiger partial charge in [0.2, 0.25) is 0 Å². The van der Waals surface area contributed by atoms with Crippen LogP contribution < -0.4 is 0 Å². The summed E-state index contributed by atoms with van der Waals surface area (Å²) in [4.78, 5) is 15.3. The number of fused-ring (bicyclic) bond motifs is 3. The summed E-state index contributed by atoms with van der Waals surface area (Å²) in [7, 11) is 1.77. The number of carbonyl (C=O) groups is 1. The average molecular weight is 363 g/mol. The van der Waals surface area contributed by atoms with Crippen molar-refractivity contribution in [3.05, 3.63) is 0 Å². The smallest absolute Gasteiger partial charge is 0.310 e. The fourth-order valence-electron chi connectivity index (χ4n) is 6.93. The van der Waals surface area contributed by atoms with Gasteiger partial charge in [-0.1, -0.05) is 6.92 Å². The number of hydrogen-bond donors (Lipinski definition) is 0. The predicted octanol–water partition coefficient (Wildman–Crippen LogP) is 2.62. The van der Waals surface area contributed by atoms with E-state index in [4.69, 9.17) is 14.2 Å². The van der Waals surface area contributed by atoms with Crippen molar-refractivity contribution >= 4 is 5.97 Å². The Morgan fingerprint density at radius 2 is 2.15 bits per heavy atom. The lowest BCUT2D eigenvalue weighted by atomic mass is 9.53. The molecule has 1 spiro atoms. The molecule has 3 aliphatic heterocycles. The van der Waals surface area contributed by atoms with Crippen LogP contribution in [0, 0.1) is 23.2 Å². The van der Waals surface area contributed by atoms with Crippen molar-refractivity contribution in [1.29, 1.82) is 0 Å². The van der Waals surface area contributed by atoms with Crippen LogP contribution in [0.15, 0.2) is 0 Å². The number of hydrogen-bond acceptors (Lipinski definition) is 5. The number of ether oxygens (including phenoxy) is 3. The van der Waals surface area contributed by atoms with Gasteiger partial charge in [0.15, 0.2) is 0 Å². The van der Waals surface area contributed by atoms with Gasteiger partial charge in [-0.2, -0.15) is 0 Å². The third-order valence-corrected chi connectivity index (χ3v) is 8.37. The fraction of sp³-hybridized carbons (Fsp3) is 0.952. The highest BCUT2D eigenvalue weighted by molar-refractivity contribution is 5.75. The Morgan fingerprint density at radius 1 is 1.31 bits per heavy atom. The lowest BCUT2D eigenvalue weighted by Crippen LogP contribution is -2.51. The molecule has 0 aromatic carbocycles. The third kappa shape index (κ3) is 2.65. The standard InChI is InChI=1S/C21H33NO4/c1-20-6-4-7-21(13-25-21)18(20)9-15-16(19(23)26-17(15)10-20)11-22-8-3-5-14(22)12-24-2/h14-18H,3-13H2,1-2H3/t14-,15+,16+,17+,18+,20+,21+/m0/s1. The Morgan fingerprint density at radius 3 is 2.92 bits per heavy atom. The number of methoxy groups -OCH3 is 1. The van der Waals surface area contributed by atoms with Crippen molar-refractivity contribution in [2.75, 3.05) is 33.4 Å². The first kappa shape index (κ1) is 17.4. The molecule has 0 unspecified atom stereocenters. The SMILES string of the molecule is COC[C@@H]1CCCN1C[C@H]1C(=O)O[C@@H]2C[C@@]3(C)CCC[C@@]4(CO4)[C@@H]3C[C@@H]21. The number of carbonyl (C=O) groups excluding carboxylic acids is 1. The summed E-state index contributed by atoms with van der Waals surface area (Å²) < 4.78 is 17.4. The molecule has 5 fully saturated rings. The highest BCUT2D eigenvalue weighted by Crippen LogP contribution is 2.62. The number of esters is 1. The Hall–Kier alpha value is -0.650. The van der Waals surface area contributed by atoms with Gasteiger partial charge in [0.1, 0.15) is 6.10 Å². The van der Waals surface area contributed by atoms with E-state index in [9.17, 15) is 4.79 Å². The normalized spacial score (nSPS) is 50.5. The van der Waals surface area contributed by atoms with Crippen LogP contribution in [0.25, 0.3) is 0 Å². The Labute approximate surface area is 156 Å².